The Morgan fingerprint density at radius 1 is 1.43 bits per heavy atom. The average molecular weight is 310 g/mol. The molecule has 0 spiro atoms. The molecule has 0 atom stereocenters. The number of aliphatic carboxylic acids is 1. The first-order valence-electron chi connectivity index (χ1n) is 7.15. The molecular weight excluding hydrogens is 288 g/mol. The Balaban J connectivity index is 1.86. The van der Waals surface area contributed by atoms with Gasteiger partial charge in [-0.05, 0) is 30.7 Å². The Morgan fingerprint density at radius 3 is 2.62 bits per heavy atom. The lowest BCUT2D eigenvalue weighted by molar-refractivity contribution is -0.139. The molecule has 1 saturated carbocycles. The number of carbonyl (C=O) groups is 2. The lowest BCUT2D eigenvalue weighted by atomic mass is 9.74. The van der Waals surface area contributed by atoms with E-state index in [2.05, 4.69) is 30.5 Å². The van der Waals surface area contributed by atoms with E-state index in [1.165, 1.54) is 4.88 Å². The fraction of sp³-hybridized carbons (Fsp3) is 0.600. The predicted molar refractivity (Wildman–Crippen MR) is 82.7 cm³/mol. The van der Waals surface area contributed by atoms with Gasteiger partial charge in [0.05, 0.1) is 12.0 Å². The normalized spacial score (nSPS) is 16.9. The molecule has 6 heteroatoms. The van der Waals surface area contributed by atoms with E-state index in [1.807, 2.05) is 11.4 Å². The summed E-state index contributed by atoms with van der Waals surface area (Å²) in [6, 6.07) is 3.78. The van der Waals surface area contributed by atoms with Crippen molar-refractivity contribution in [2.24, 2.45) is 0 Å². The molecule has 21 heavy (non-hydrogen) atoms. The van der Waals surface area contributed by atoms with Gasteiger partial charge in [-0.25, -0.2) is 4.79 Å². The van der Waals surface area contributed by atoms with Crippen molar-refractivity contribution < 1.29 is 14.7 Å². The zero-order valence-corrected chi connectivity index (χ0v) is 13.3. The first-order chi connectivity index (χ1) is 9.83. The van der Waals surface area contributed by atoms with Crippen molar-refractivity contribution in [2.75, 3.05) is 6.54 Å². The van der Waals surface area contributed by atoms with Crippen LogP contribution < -0.4 is 10.6 Å². The van der Waals surface area contributed by atoms with Gasteiger partial charge < -0.3 is 15.7 Å². The Bertz CT molecular complexity index is 507. The summed E-state index contributed by atoms with van der Waals surface area (Å²) >= 11 is 1.67. The van der Waals surface area contributed by atoms with E-state index in [1.54, 1.807) is 11.3 Å². The second-order valence-corrected chi connectivity index (χ2v) is 7.32. The van der Waals surface area contributed by atoms with Gasteiger partial charge in [-0.15, -0.1) is 11.3 Å². The van der Waals surface area contributed by atoms with Crippen LogP contribution >= 0.6 is 11.3 Å². The number of urea groups is 1. The molecule has 1 aliphatic carbocycles. The standard InChI is InChI=1S/C15H22N2O3S/c1-14(2,11-5-3-8-21-11)10-16-13(20)17-15(6-4-7-15)9-12(18)19/h3,5,8H,4,6-7,9-10H2,1-2H3,(H,18,19)(H2,16,17,20). The topological polar surface area (TPSA) is 78.4 Å². The maximum absolute atomic E-state index is 12.0. The maximum atomic E-state index is 12.0. The molecule has 0 aromatic carbocycles. The fourth-order valence-electron chi connectivity index (χ4n) is 2.58. The second kappa shape index (κ2) is 6.05. The van der Waals surface area contributed by atoms with Crippen LogP contribution in [-0.2, 0) is 10.2 Å². The smallest absolute Gasteiger partial charge is 0.315 e. The minimum atomic E-state index is -0.867. The zero-order chi connectivity index (χ0) is 15.5. The Labute approximate surface area is 128 Å². The monoisotopic (exact) mass is 310 g/mol. The van der Waals surface area contributed by atoms with Crippen LogP contribution in [0.1, 0.15) is 44.4 Å². The molecule has 0 radical (unpaired) electrons. The van der Waals surface area contributed by atoms with Crippen molar-refractivity contribution in [1.29, 1.82) is 0 Å². The van der Waals surface area contributed by atoms with Crippen LogP contribution in [0, 0.1) is 0 Å². The Morgan fingerprint density at radius 2 is 2.14 bits per heavy atom. The fourth-order valence-corrected chi connectivity index (χ4v) is 3.43. The van der Waals surface area contributed by atoms with E-state index in [9.17, 15) is 9.59 Å². The van der Waals surface area contributed by atoms with Gasteiger partial charge in [-0.3, -0.25) is 4.79 Å². The van der Waals surface area contributed by atoms with Crippen LogP contribution in [0.3, 0.4) is 0 Å². The van der Waals surface area contributed by atoms with Crippen LogP contribution in [0.5, 0.6) is 0 Å². The van der Waals surface area contributed by atoms with Crippen molar-refractivity contribution in [1.82, 2.24) is 10.6 Å². The van der Waals surface area contributed by atoms with Gasteiger partial charge in [0.1, 0.15) is 0 Å². The number of carboxylic acids is 1. The minimum absolute atomic E-state index is 0.00522. The molecule has 1 aliphatic rings. The summed E-state index contributed by atoms with van der Waals surface area (Å²) in [6.07, 6.45) is 2.44. The molecule has 0 bridgehead atoms. The van der Waals surface area contributed by atoms with Crippen molar-refractivity contribution in [3.05, 3.63) is 22.4 Å². The average Bonchev–Trinajstić information content (AvgIpc) is 2.88. The van der Waals surface area contributed by atoms with Crippen molar-refractivity contribution >= 4 is 23.3 Å². The molecule has 0 saturated heterocycles. The first-order valence-corrected chi connectivity index (χ1v) is 8.03. The Hall–Kier alpha value is -1.56. The van der Waals surface area contributed by atoms with E-state index in [4.69, 9.17) is 5.11 Å². The molecular formula is C15H22N2O3S. The van der Waals surface area contributed by atoms with Crippen molar-refractivity contribution in [3.8, 4) is 0 Å². The van der Waals surface area contributed by atoms with E-state index < -0.39 is 11.5 Å². The third kappa shape index (κ3) is 3.97. The van der Waals surface area contributed by atoms with E-state index >= 15 is 0 Å². The number of hydrogen-bond acceptors (Lipinski definition) is 3. The summed E-state index contributed by atoms with van der Waals surface area (Å²) in [5.74, 6) is -0.867. The minimum Gasteiger partial charge on any atom is -0.481 e. The van der Waals surface area contributed by atoms with Crippen LogP contribution in [0.15, 0.2) is 17.5 Å². The SMILES string of the molecule is CC(C)(CNC(=O)NC1(CC(=O)O)CCC1)c1cccs1. The highest BCUT2D eigenvalue weighted by molar-refractivity contribution is 7.10. The molecule has 3 N–H and O–H groups in total. The second-order valence-electron chi connectivity index (χ2n) is 6.37. The number of hydrogen-bond donors (Lipinski definition) is 3. The highest BCUT2D eigenvalue weighted by atomic mass is 32.1. The molecule has 5 nitrogen and oxygen atoms in total. The number of amides is 2. The summed E-state index contributed by atoms with van der Waals surface area (Å²) in [6.45, 7) is 4.67. The molecule has 2 rings (SSSR count). The van der Waals surface area contributed by atoms with Crippen LogP contribution in [-0.4, -0.2) is 29.2 Å². The summed E-state index contributed by atoms with van der Waals surface area (Å²) in [4.78, 5) is 24.1. The van der Waals surface area contributed by atoms with Crippen molar-refractivity contribution in [3.63, 3.8) is 0 Å². The third-order valence-electron chi connectivity index (χ3n) is 4.06. The van der Waals surface area contributed by atoms with Gasteiger partial charge in [0.15, 0.2) is 0 Å². The number of rotatable bonds is 6. The lowest BCUT2D eigenvalue weighted by Crippen LogP contribution is -2.58. The van der Waals surface area contributed by atoms with E-state index in [0.29, 0.717) is 6.54 Å². The number of thiophene rings is 1. The van der Waals surface area contributed by atoms with Crippen LogP contribution in [0.2, 0.25) is 0 Å². The quantitative estimate of drug-likeness (QED) is 0.756. The van der Waals surface area contributed by atoms with Gasteiger partial charge in [-0.1, -0.05) is 19.9 Å². The molecule has 1 aromatic heterocycles. The maximum Gasteiger partial charge on any atom is 0.315 e. The van der Waals surface area contributed by atoms with E-state index in [0.717, 1.165) is 19.3 Å². The first kappa shape index (κ1) is 15.8. The molecule has 116 valence electrons. The summed E-state index contributed by atoms with van der Waals surface area (Å²) in [7, 11) is 0. The highest BCUT2D eigenvalue weighted by Crippen LogP contribution is 2.35. The lowest BCUT2D eigenvalue weighted by Gasteiger charge is -2.41. The summed E-state index contributed by atoms with van der Waals surface area (Å²) in [5.41, 5.74) is -0.686. The van der Waals surface area contributed by atoms with Gasteiger partial charge in [0.2, 0.25) is 0 Å². The summed E-state index contributed by atoms with van der Waals surface area (Å²) < 4.78 is 0. The zero-order valence-electron chi connectivity index (χ0n) is 12.4. The highest BCUT2D eigenvalue weighted by Gasteiger charge is 2.40. The molecule has 1 heterocycles. The third-order valence-corrected chi connectivity index (χ3v) is 5.29. The van der Waals surface area contributed by atoms with Gasteiger partial charge in [0.25, 0.3) is 0 Å². The van der Waals surface area contributed by atoms with Crippen LogP contribution in [0.4, 0.5) is 4.79 Å². The van der Waals surface area contributed by atoms with Crippen molar-refractivity contribution in [2.45, 2.75) is 50.5 Å². The molecule has 1 fully saturated rings. The summed E-state index contributed by atoms with van der Waals surface area (Å²) in [5, 5.41) is 16.7. The molecule has 2 amide bonds. The predicted octanol–water partition coefficient (Wildman–Crippen LogP) is 2.72. The van der Waals surface area contributed by atoms with E-state index in [-0.39, 0.29) is 17.9 Å². The van der Waals surface area contributed by atoms with Gasteiger partial charge >= 0.3 is 12.0 Å². The largest absolute Gasteiger partial charge is 0.481 e. The molecule has 0 unspecified atom stereocenters. The Kier molecular flexibility index (Phi) is 4.56. The number of carboxylic acid groups (broad SMARTS) is 1. The number of carbonyl (C=O) groups excluding carboxylic acids is 1. The van der Waals surface area contributed by atoms with Crippen LogP contribution in [0.25, 0.3) is 0 Å². The molecule has 1 aromatic rings. The van der Waals surface area contributed by atoms with Gasteiger partial charge in [-0.2, -0.15) is 0 Å². The number of nitrogens with one attached hydrogen (secondary N) is 2. The molecule has 0 aliphatic heterocycles. The van der Waals surface area contributed by atoms with Gasteiger partial charge in [0, 0.05) is 16.8 Å².